The Morgan fingerprint density at radius 2 is 1.83 bits per heavy atom. The van der Waals surface area contributed by atoms with Crippen LogP contribution in [0, 0.1) is 22.0 Å². The number of carbonyl (C=O) groups is 2. The molecule has 1 N–H and O–H groups in total. The number of halogens is 1. The summed E-state index contributed by atoms with van der Waals surface area (Å²) in [6.45, 7) is -0.425. The molecule has 4 rings (SSSR count). The van der Waals surface area contributed by atoms with Crippen molar-refractivity contribution in [2.75, 3.05) is 11.5 Å². The largest absolute Gasteiger partial charge is 0.393 e. The molecule has 2 saturated heterocycles. The van der Waals surface area contributed by atoms with Gasteiger partial charge in [-0.1, -0.05) is 0 Å². The van der Waals surface area contributed by atoms with Crippen LogP contribution in [0.25, 0.3) is 0 Å². The number of nitrogens with zero attached hydrogens (tertiary/aromatic N) is 2. The molecule has 8 nitrogen and oxygen atoms in total. The van der Waals surface area contributed by atoms with Gasteiger partial charge in [-0.25, -0.2) is 4.90 Å². The lowest BCUT2D eigenvalue weighted by Gasteiger charge is -2.26. The maximum atomic E-state index is 12.8. The predicted molar refractivity (Wildman–Crippen MR) is 84.3 cm³/mol. The van der Waals surface area contributed by atoms with E-state index < -0.39 is 45.3 Å². The van der Waals surface area contributed by atoms with E-state index in [1.165, 1.54) is 24.3 Å². The number of amides is 2. The molecule has 124 valence electrons. The lowest BCUT2D eigenvalue weighted by atomic mass is 9.77. The van der Waals surface area contributed by atoms with Crippen molar-refractivity contribution in [3.63, 3.8) is 0 Å². The van der Waals surface area contributed by atoms with Gasteiger partial charge >= 0.3 is 0 Å². The molecular weight excluding hydrogens is 384 g/mol. The highest BCUT2D eigenvalue weighted by molar-refractivity contribution is 9.10. The maximum Gasteiger partial charge on any atom is 0.269 e. The Morgan fingerprint density at radius 1 is 1.21 bits per heavy atom. The Labute approximate surface area is 144 Å². The Morgan fingerprint density at radius 3 is 2.42 bits per heavy atom. The quantitative estimate of drug-likeness (QED) is 0.270. The number of non-ortho nitro benzene ring substituents is 1. The number of nitro groups is 1. The van der Waals surface area contributed by atoms with Gasteiger partial charge in [0.1, 0.15) is 5.60 Å². The number of carbonyl (C=O) groups excluding carboxylic acids is 2. The van der Waals surface area contributed by atoms with Gasteiger partial charge in [0.15, 0.2) is 4.51 Å². The first-order valence-corrected chi connectivity index (χ1v) is 7.95. The molecule has 1 aromatic carbocycles. The van der Waals surface area contributed by atoms with E-state index in [2.05, 4.69) is 15.9 Å². The van der Waals surface area contributed by atoms with Crippen molar-refractivity contribution in [2.24, 2.45) is 11.8 Å². The number of rotatable bonds is 3. The minimum Gasteiger partial charge on any atom is -0.393 e. The average Bonchev–Trinajstić information content (AvgIpc) is 3.14. The summed E-state index contributed by atoms with van der Waals surface area (Å²) in [6.07, 6.45) is 3.24. The number of nitro benzene ring substituents is 1. The monoisotopic (exact) mass is 394 g/mol. The highest BCUT2D eigenvalue weighted by atomic mass is 79.9. The fraction of sp³-hybridized carbons (Fsp3) is 0.333. The zero-order valence-electron chi connectivity index (χ0n) is 12.1. The molecule has 0 saturated carbocycles. The van der Waals surface area contributed by atoms with E-state index in [9.17, 15) is 24.8 Å². The molecule has 2 fully saturated rings. The molecule has 4 unspecified atom stereocenters. The van der Waals surface area contributed by atoms with E-state index in [-0.39, 0.29) is 11.4 Å². The Hall–Kier alpha value is -2.10. The van der Waals surface area contributed by atoms with Crippen LogP contribution < -0.4 is 4.90 Å². The summed E-state index contributed by atoms with van der Waals surface area (Å²) in [7, 11) is 0. The first-order valence-electron chi connectivity index (χ1n) is 7.15. The molecule has 4 atom stereocenters. The average molecular weight is 395 g/mol. The SMILES string of the molecule is O=C1C2C(C(=O)N1c1ccc([N+](=O)[O-])cc1)C1(CO)C=CC2(Br)O1. The number of hydrogen-bond acceptors (Lipinski definition) is 6. The van der Waals surface area contributed by atoms with Gasteiger partial charge in [-0.3, -0.25) is 19.7 Å². The minimum absolute atomic E-state index is 0.133. The van der Waals surface area contributed by atoms with Gasteiger partial charge in [-0.15, -0.1) is 0 Å². The van der Waals surface area contributed by atoms with Crippen LogP contribution >= 0.6 is 15.9 Å². The van der Waals surface area contributed by atoms with Crippen LogP contribution in [-0.2, 0) is 14.3 Å². The molecule has 0 aromatic heterocycles. The maximum absolute atomic E-state index is 12.8. The Balaban J connectivity index is 1.75. The van der Waals surface area contributed by atoms with Crippen molar-refractivity contribution >= 4 is 39.1 Å². The number of fused-ring (bicyclic) bond motifs is 5. The molecule has 0 aliphatic carbocycles. The van der Waals surface area contributed by atoms with Crippen molar-refractivity contribution < 1.29 is 24.4 Å². The summed E-state index contributed by atoms with van der Waals surface area (Å²) in [5, 5.41) is 20.4. The third-order valence-corrected chi connectivity index (χ3v) is 5.68. The second kappa shape index (κ2) is 4.71. The molecule has 3 aliphatic heterocycles. The first kappa shape index (κ1) is 15.4. The van der Waals surface area contributed by atoms with E-state index in [0.29, 0.717) is 0 Å². The van der Waals surface area contributed by atoms with Gasteiger partial charge in [-0.2, -0.15) is 0 Å². The molecule has 2 amide bonds. The van der Waals surface area contributed by atoms with Gasteiger partial charge in [0.2, 0.25) is 11.8 Å². The molecular formula is C15H11BrN2O6. The van der Waals surface area contributed by atoms with Crippen LogP contribution in [0.1, 0.15) is 0 Å². The van der Waals surface area contributed by atoms with E-state index in [4.69, 9.17) is 4.74 Å². The highest BCUT2D eigenvalue weighted by Gasteiger charge is 2.73. The molecule has 2 bridgehead atoms. The summed E-state index contributed by atoms with van der Waals surface area (Å²) < 4.78 is 4.61. The van der Waals surface area contributed by atoms with Crippen molar-refractivity contribution in [1.29, 1.82) is 0 Å². The number of anilines is 1. The summed E-state index contributed by atoms with van der Waals surface area (Å²) in [6, 6.07) is 5.19. The summed E-state index contributed by atoms with van der Waals surface area (Å²) in [5.74, 6) is -2.58. The number of ether oxygens (including phenoxy) is 1. The number of aliphatic hydroxyl groups is 1. The van der Waals surface area contributed by atoms with Gasteiger partial charge < -0.3 is 9.84 Å². The number of benzene rings is 1. The van der Waals surface area contributed by atoms with E-state index in [0.717, 1.165) is 4.90 Å². The van der Waals surface area contributed by atoms with Crippen molar-refractivity contribution in [3.8, 4) is 0 Å². The van der Waals surface area contributed by atoms with E-state index in [1.54, 1.807) is 12.2 Å². The molecule has 24 heavy (non-hydrogen) atoms. The van der Waals surface area contributed by atoms with Crippen LogP contribution in [0.5, 0.6) is 0 Å². The number of aliphatic hydroxyl groups excluding tert-OH is 1. The fourth-order valence-electron chi connectivity index (χ4n) is 3.67. The van der Waals surface area contributed by atoms with Gasteiger partial charge in [0.05, 0.1) is 29.1 Å². The van der Waals surface area contributed by atoms with Gasteiger partial charge in [0.25, 0.3) is 5.69 Å². The minimum atomic E-state index is -1.23. The van der Waals surface area contributed by atoms with Crippen LogP contribution in [0.15, 0.2) is 36.4 Å². The summed E-state index contributed by atoms with van der Waals surface area (Å²) in [5.41, 5.74) is -1.10. The number of hydrogen-bond donors (Lipinski definition) is 1. The van der Waals surface area contributed by atoms with Crippen LogP contribution in [0.3, 0.4) is 0 Å². The number of alkyl halides is 1. The summed E-state index contributed by atoms with van der Waals surface area (Å²) in [4.78, 5) is 36.8. The highest BCUT2D eigenvalue weighted by Crippen LogP contribution is 2.60. The molecule has 9 heteroatoms. The lowest BCUT2D eigenvalue weighted by molar-refractivity contribution is -0.384. The third-order valence-electron chi connectivity index (χ3n) is 4.76. The standard InChI is InChI=1S/C15H11BrN2O6/c16-15-6-5-14(7-19,24-15)10-11(15)13(21)17(12(10)20)8-1-3-9(4-2-8)18(22)23/h1-6,10-11,19H,7H2. The topological polar surface area (TPSA) is 110 Å². The zero-order valence-corrected chi connectivity index (χ0v) is 13.7. The van der Waals surface area contributed by atoms with Gasteiger partial charge in [0, 0.05) is 12.1 Å². The molecule has 0 radical (unpaired) electrons. The van der Waals surface area contributed by atoms with Crippen molar-refractivity contribution in [2.45, 2.75) is 10.1 Å². The first-order chi connectivity index (χ1) is 11.3. The van der Waals surface area contributed by atoms with Crippen LogP contribution in [-0.4, -0.2) is 38.6 Å². The van der Waals surface area contributed by atoms with E-state index in [1.807, 2.05) is 0 Å². The second-order valence-electron chi connectivity index (χ2n) is 5.99. The third kappa shape index (κ3) is 1.74. The predicted octanol–water partition coefficient (Wildman–Crippen LogP) is 1.12. The fourth-order valence-corrected chi connectivity index (χ4v) is 4.56. The smallest absolute Gasteiger partial charge is 0.269 e. The Kier molecular flexibility index (Phi) is 3.03. The molecule has 0 spiro atoms. The van der Waals surface area contributed by atoms with E-state index >= 15 is 0 Å². The van der Waals surface area contributed by atoms with Crippen molar-refractivity contribution in [3.05, 3.63) is 46.5 Å². The zero-order chi connectivity index (χ0) is 17.3. The second-order valence-corrected chi connectivity index (χ2v) is 7.23. The normalized spacial score (nSPS) is 36.5. The van der Waals surface area contributed by atoms with Crippen molar-refractivity contribution in [1.82, 2.24) is 0 Å². The van der Waals surface area contributed by atoms with Crippen LogP contribution in [0.4, 0.5) is 11.4 Å². The molecule has 1 aromatic rings. The summed E-state index contributed by atoms with van der Waals surface area (Å²) >= 11 is 3.36. The lowest BCUT2D eigenvalue weighted by Crippen LogP contribution is -2.43. The Bertz CT molecular complexity index is 809. The van der Waals surface area contributed by atoms with Crippen LogP contribution in [0.2, 0.25) is 0 Å². The van der Waals surface area contributed by atoms with Gasteiger partial charge in [-0.05, 0) is 40.2 Å². The molecule has 3 heterocycles. The molecule has 3 aliphatic rings. The number of imide groups is 1.